The molecule has 0 spiro atoms. The molecule has 0 bridgehead atoms. The summed E-state index contributed by atoms with van der Waals surface area (Å²) in [4.78, 5) is 11.1. The standard InChI is InChI=1S/C16H24N6O/c1-12-9-13(21-23-12)10-22(14-3-2-6-18-7-4-14)11-16-19-8-5-15(17)20-16/h5,8-9,14,18H,2-4,6-7,10-11H2,1H3,(H2,17,19,20). The molecule has 0 saturated carbocycles. The summed E-state index contributed by atoms with van der Waals surface area (Å²) in [5.74, 6) is 2.10. The Morgan fingerprint density at radius 3 is 3.04 bits per heavy atom. The molecule has 0 amide bonds. The molecule has 23 heavy (non-hydrogen) atoms. The maximum atomic E-state index is 5.79. The minimum atomic E-state index is 0.479. The van der Waals surface area contributed by atoms with Crippen molar-refractivity contribution in [2.75, 3.05) is 18.8 Å². The fourth-order valence-corrected chi connectivity index (χ4v) is 3.05. The fourth-order valence-electron chi connectivity index (χ4n) is 3.05. The van der Waals surface area contributed by atoms with E-state index < -0.39 is 0 Å². The molecule has 0 aliphatic carbocycles. The van der Waals surface area contributed by atoms with Crippen LogP contribution in [-0.4, -0.2) is 39.2 Å². The number of aryl methyl sites for hydroxylation is 1. The second kappa shape index (κ2) is 7.52. The summed E-state index contributed by atoms with van der Waals surface area (Å²) in [7, 11) is 0. The van der Waals surface area contributed by atoms with Crippen molar-refractivity contribution in [3.05, 3.63) is 35.6 Å². The Labute approximate surface area is 136 Å². The fraction of sp³-hybridized carbons (Fsp3) is 0.562. The third kappa shape index (κ3) is 4.49. The topological polar surface area (TPSA) is 93.1 Å². The van der Waals surface area contributed by atoms with Gasteiger partial charge >= 0.3 is 0 Å². The van der Waals surface area contributed by atoms with Crippen molar-refractivity contribution < 1.29 is 4.52 Å². The van der Waals surface area contributed by atoms with E-state index in [1.807, 2.05) is 13.0 Å². The first-order valence-corrected chi connectivity index (χ1v) is 8.15. The van der Waals surface area contributed by atoms with Gasteiger partial charge in [-0.05, 0) is 45.3 Å². The number of rotatable bonds is 5. The molecule has 1 fully saturated rings. The lowest BCUT2D eigenvalue weighted by atomic mass is 10.1. The Bertz CT molecular complexity index is 621. The third-order valence-corrected chi connectivity index (χ3v) is 4.18. The van der Waals surface area contributed by atoms with Gasteiger partial charge in [-0.25, -0.2) is 9.97 Å². The van der Waals surface area contributed by atoms with Gasteiger partial charge in [-0.1, -0.05) is 5.16 Å². The van der Waals surface area contributed by atoms with E-state index in [2.05, 4.69) is 25.3 Å². The van der Waals surface area contributed by atoms with Crippen molar-refractivity contribution in [3.63, 3.8) is 0 Å². The first kappa shape index (κ1) is 15.9. The van der Waals surface area contributed by atoms with Crippen molar-refractivity contribution in [1.29, 1.82) is 0 Å². The summed E-state index contributed by atoms with van der Waals surface area (Å²) in [5.41, 5.74) is 6.73. The van der Waals surface area contributed by atoms with Crippen molar-refractivity contribution in [2.24, 2.45) is 0 Å². The molecule has 7 nitrogen and oxygen atoms in total. The summed E-state index contributed by atoms with van der Waals surface area (Å²) in [5, 5.41) is 7.60. The number of aromatic nitrogens is 3. The Morgan fingerprint density at radius 2 is 2.26 bits per heavy atom. The zero-order valence-corrected chi connectivity index (χ0v) is 13.5. The smallest absolute Gasteiger partial charge is 0.144 e. The van der Waals surface area contributed by atoms with E-state index in [1.165, 1.54) is 6.42 Å². The summed E-state index contributed by atoms with van der Waals surface area (Å²) >= 11 is 0. The second-order valence-electron chi connectivity index (χ2n) is 6.07. The van der Waals surface area contributed by atoms with Gasteiger partial charge in [0.25, 0.3) is 0 Å². The van der Waals surface area contributed by atoms with Crippen LogP contribution in [0.15, 0.2) is 22.9 Å². The van der Waals surface area contributed by atoms with Crippen LogP contribution in [0, 0.1) is 6.92 Å². The van der Waals surface area contributed by atoms with E-state index in [-0.39, 0.29) is 0 Å². The number of hydrogen-bond donors (Lipinski definition) is 2. The molecule has 7 heteroatoms. The Hall–Kier alpha value is -1.99. The number of nitrogens with one attached hydrogen (secondary N) is 1. The summed E-state index contributed by atoms with van der Waals surface area (Å²) in [6.45, 7) is 5.44. The van der Waals surface area contributed by atoms with E-state index in [0.29, 0.717) is 18.4 Å². The number of hydrogen-bond acceptors (Lipinski definition) is 7. The normalized spacial score (nSPS) is 19.0. The van der Waals surface area contributed by atoms with Crippen LogP contribution in [0.25, 0.3) is 0 Å². The van der Waals surface area contributed by atoms with Gasteiger partial charge in [-0.2, -0.15) is 0 Å². The van der Waals surface area contributed by atoms with Crippen LogP contribution in [0.3, 0.4) is 0 Å². The van der Waals surface area contributed by atoms with Gasteiger partial charge in [-0.3, -0.25) is 4.90 Å². The third-order valence-electron chi connectivity index (χ3n) is 4.18. The van der Waals surface area contributed by atoms with Gasteiger partial charge < -0.3 is 15.6 Å². The monoisotopic (exact) mass is 316 g/mol. The van der Waals surface area contributed by atoms with Gasteiger partial charge in [-0.15, -0.1) is 0 Å². The van der Waals surface area contributed by atoms with Gasteiger partial charge in [0.1, 0.15) is 17.4 Å². The molecule has 1 atom stereocenters. The zero-order valence-electron chi connectivity index (χ0n) is 13.5. The first-order valence-electron chi connectivity index (χ1n) is 8.15. The quantitative estimate of drug-likeness (QED) is 0.863. The van der Waals surface area contributed by atoms with E-state index in [9.17, 15) is 0 Å². The molecule has 1 aliphatic rings. The van der Waals surface area contributed by atoms with Crippen molar-refractivity contribution in [1.82, 2.24) is 25.3 Å². The molecule has 0 aromatic carbocycles. The molecule has 2 aromatic rings. The zero-order chi connectivity index (χ0) is 16.1. The largest absolute Gasteiger partial charge is 0.384 e. The molecular weight excluding hydrogens is 292 g/mol. The minimum absolute atomic E-state index is 0.479. The van der Waals surface area contributed by atoms with Crippen molar-refractivity contribution in [3.8, 4) is 0 Å². The van der Waals surface area contributed by atoms with Gasteiger partial charge in [0.05, 0.1) is 12.2 Å². The average molecular weight is 316 g/mol. The summed E-state index contributed by atoms with van der Waals surface area (Å²) in [6, 6.07) is 4.18. The molecule has 1 unspecified atom stereocenters. The highest BCUT2D eigenvalue weighted by Gasteiger charge is 2.22. The van der Waals surface area contributed by atoms with Crippen LogP contribution in [0.1, 0.15) is 36.5 Å². The highest BCUT2D eigenvalue weighted by molar-refractivity contribution is 5.25. The highest BCUT2D eigenvalue weighted by atomic mass is 16.5. The van der Waals surface area contributed by atoms with E-state index in [0.717, 1.165) is 49.8 Å². The average Bonchev–Trinajstić information content (AvgIpc) is 2.77. The number of nitrogen functional groups attached to an aromatic ring is 1. The lowest BCUT2D eigenvalue weighted by Crippen LogP contribution is -2.35. The summed E-state index contributed by atoms with van der Waals surface area (Å²) in [6.07, 6.45) is 5.16. The van der Waals surface area contributed by atoms with E-state index in [4.69, 9.17) is 10.3 Å². The van der Waals surface area contributed by atoms with Crippen molar-refractivity contribution in [2.45, 2.75) is 45.3 Å². The molecule has 0 radical (unpaired) electrons. The molecule has 3 heterocycles. The Balaban J connectivity index is 1.76. The summed E-state index contributed by atoms with van der Waals surface area (Å²) < 4.78 is 5.21. The van der Waals surface area contributed by atoms with Crippen LogP contribution in [0.2, 0.25) is 0 Å². The Morgan fingerprint density at radius 1 is 1.35 bits per heavy atom. The lowest BCUT2D eigenvalue weighted by molar-refractivity contribution is 0.156. The van der Waals surface area contributed by atoms with Gasteiger partial charge in [0.15, 0.2) is 0 Å². The lowest BCUT2D eigenvalue weighted by Gasteiger charge is -2.29. The van der Waals surface area contributed by atoms with E-state index >= 15 is 0 Å². The van der Waals surface area contributed by atoms with Crippen LogP contribution < -0.4 is 11.1 Å². The number of anilines is 1. The highest BCUT2D eigenvalue weighted by Crippen LogP contribution is 2.19. The molecule has 1 aliphatic heterocycles. The molecule has 2 aromatic heterocycles. The van der Waals surface area contributed by atoms with Crippen LogP contribution in [0.4, 0.5) is 5.82 Å². The molecule has 124 valence electrons. The predicted molar refractivity (Wildman–Crippen MR) is 87.4 cm³/mol. The first-order chi connectivity index (χ1) is 11.2. The molecule has 3 N–H and O–H groups in total. The Kier molecular flexibility index (Phi) is 5.19. The predicted octanol–water partition coefficient (Wildman–Crippen LogP) is 1.50. The van der Waals surface area contributed by atoms with Crippen LogP contribution in [-0.2, 0) is 13.1 Å². The minimum Gasteiger partial charge on any atom is -0.384 e. The SMILES string of the molecule is Cc1cc(CN(Cc2nccc(N)n2)C2CCCNCC2)no1. The second-order valence-corrected chi connectivity index (χ2v) is 6.07. The molecule has 1 saturated heterocycles. The maximum Gasteiger partial charge on any atom is 0.144 e. The number of nitrogens with zero attached hydrogens (tertiary/aromatic N) is 4. The number of nitrogens with two attached hydrogens (primary N) is 1. The van der Waals surface area contributed by atoms with Gasteiger partial charge in [0, 0.05) is 24.8 Å². The van der Waals surface area contributed by atoms with E-state index in [1.54, 1.807) is 12.3 Å². The molecular formula is C16H24N6O. The van der Waals surface area contributed by atoms with Gasteiger partial charge in [0.2, 0.25) is 0 Å². The van der Waals surface area contributed by atoms with Crippen LogP contribution >= 0.6 is 0 Å². The van der Waals surface area contributed by atoms with Crippen LogP contribution in [0.5, 0.6) is 0 Å². The van der Waals surface area contributed by atoms with Crippen molar-refractivity contribution >= 4 is 5.82 Å². The molecule has 3 rings (SSSR count). The maximum absolute atomic E-state index is 5.79.